The summed E-state index contributed by atoms with van der Waals surface area (Å²) in [6, 6.07) is 19.7. The van der Waals surface area contributed by atoms with Gasteiger partial charge in [-0.05, 0) is 61.2 Å². The van der Waals surface area contributed by atoms with Crippen molar-refractivity contribution in [1.82, 2.24) is 10.6 Å². The molecule has 1 aliphatic heterocycles. The zero-order chi connectivity index (χ0) is 23.1. The molecule has 1 aliphatic carbocycles. The maximum absolute atomic E-state index is 5.40. The molecular weight excluding hydrogens is 465 g/mol. The number of ether oxygens (including phenoxy) is 1. The second-order valence-electron chi connectivity index (χ2n) is 8.60. The Morgan fingerprint density at radius 1 is 1.12 bits per heavy atom. The molecule has 0 amide bonds. The van der Waals surface area contributed by atoms with Crippen LogP contribution in [0.15, 0.2) is 60.7 Å². The highest BCUT2D eigenvalue weighted by Crippen LogP contribution is 2.63. The summed E-state index contributed by atoms with van der Waals surface area (Å²) in [6.07, 6.45) is 7.70. The van der Waals surface area contributed by atoms with Crippen LogP contribution in [-0.2, 0) is 0 Å². The molecule has 0 spiro atoms. The van der Waals surface area contributed by atoms with Gasteiger partial charge in [0.15, 0.2) is 5.11 Å². The van der Waals surface area contributed by atoms with Gasteiger partial charge in [0, 0.05) is 29.7 Å². The average Bonchev–Trinajstić information content (AvgIpc) is 2.86. The molecule has 2 aromatic rings. The highest BCUT2D eigenvalue weighted by atomic mass is 32.2. The minimum Gasteiger partial charge on any atom is -0.497 e. The van der Waals surface area contributed by atoms with Gasteiger partial charge in [0.05, 0.1) is 11.2 Å². The Morgan fingerprint density at radius 2 is 1.91 bits per heavy atom. The number of nitrogens with one attached hydrogen (secondary N) is 2. The molecule has 176 valence electrons. The summed E-state index contributed by atoms with van der Waals surface area (Å²) < 4.78 is 5.59. The van der Waals surface area contributed by atoms with Crippen molar-refractivity contribution >= 4 is 45.8 Å². The molecule has 0 aromatic heterocycles. The highest BCUT2D eigenvalue weighted by molar-refractivity contribution is 8.22. The molecule has 1 heterocycles. The Bertz CT molecular complexity index is 948. The van der Waals surface area contributed by atoms with Gasteiger partial charge in [-0.15, -0.1) is 23.5 Å². The molecule has 0 radical (unpaired) electrons. The first-order valence-electron chi connectivity index (χ1n) is 11.9. The molecule has 6 heteroatoms. The minimum atomic E-state index is 0.185. The molecule has 33 heavy (non-hydrogen) atoms. The van der Waals surface area contributed by atoms with E-state index >= 15 is 0 Å². The van der Waals surface area contributed by atoms with Gasteiger partial charge in [0.1, 0.15) is 5.75 Å². The lowest BCUT2D eigenvalue weighted by atomic mass is 9.75. The molecule has 3 atom stereocenters. The Hall–Kier alpha value is -1.63. The van der Waals surface area contributed by atoms with E-state index in [1.165, 1.54) is 41.7 Å². The average molecular weight is 499 g/mol. The molecule has 1 fully saturated rings. The van der Waals surface area contributed by atoms with E-state index in [1.54, 1.807) is 7.11 Å². The molecule has 1 saturated carbocycles. The van der Waals surface area contributed by atoms with Gasteiger partial charge >= 0.3 is 0 Å². The summed E-state index contributed by atoms with van der Waals surface area (Å²) in [7, 11) is 1.73. The van der Waals surface area contributed by atoms with Crippen LogP contribution in [0, 0.1) is 5.92 Å². The van der Waals surface area contributed by atoms with Crippen molar-refractivity contribution in [3.8, 4) is 5.75 Å². The van der Waals surface area contributed by atoms with Gasteiger partial charge in [0.2, 0.25) is 0 Å². The number of thioether (sulfide) groups is 2. The van der Waals surface area contributed by atoms with Gasteiger partial charge in [-0.3, -0.25) is 0 Å². The molecule has 2 N–H and O–H groups in total. The van der Waals surface area contributed by atoms with Crippen LogP contribution in [0.5, 0.6) is 5.75 Å². The van der Waals surface area contributed by atoms with E-state index in [9.17, 15) is 0 Å². The zero-order valence-corrected chi connectivity index (χ0v) is 22.0. The lowest BCUT2D eigenvalue weighted by molar-refractivity contribution is 0.320. The Morgan fingerprint density at radius 3 is 2.64 bits per heavy atom. The van der Waals surface area contributed by atoms with E-state index in [2.05, 4.69) is 102 Å². The van der Waals surface area contributed by atoms with Crippen molar-refractivity contribution in [2.75, 3.05) is 26.0 Å². The quantitative estimate of drug-likeness (QED) is 0.312. The van der Waals surface area contributed by atoms with Crippen molar-refractivity contribution in [3.05, 3.63) is 71.8 Å². The summed E-state index contributed by atoms with van der Waals surface area (Å²) in [5, 5.41) is 7.32. The van der Waals surface area contributed by atoms with Crippen LogP contribution >= 0.6 is 35.7 Å². The van der Waals surface area contributed by atoms with Crippen LogP contribution < -0.4 is 15.4 Å². The molecule has 0 bridgehead atoms. The second kappa shape index (κ2) is 11.7. The Balaban J connectivity index is 1.62. The topological polar surface area (TPSA) is 33.3 Å². The fourth-order valence-electron chi connectivity index (χ4n) is 4.95. The molecule has 2 aromatic carbocycles. The number of allylic oxidation sites excluding steroid dienone is 1. The monoisotopic (exact) mass is 498 g/mol. The zero-order valence-electron chi connectivity index (χ0n) is 19.5. The Kier molecular flexibility index (Phi) is 8.67. The van der Waals surface area contributed by atoms with Gasteiger partial charge in [0.25, 0.3) is 0 Å². The fourth-order valence-corrected chi connectivity index (χ4v) is 8.78. The van der Waals surface area contributed by atoms with Crippen LogP contribution in [0.25, 0.3) is 4.91 Å². The highest BCUT2D eigenvalue weighted by Gasteiger charge is 2.48. The van der Waals surface area contributed by atoms with Crippen molar-refractivity contribution in [1.29, 1.82) is 0 Å². The number of thiocarbonyl (C=S) groups is 1. The molecule has 4 rings (SSSR count). The van der Waals surface area contributed by atoms with Crippen LogP contribution in [-0.4, -0.2) is 35.1 Å². The Labute approximate surface area is 212 Å². The van der Waals surface area contributed by atoms with E-state index in [-0.39, 0.29) is 4.08 Å². The SMILES string of the molecule is CCNC(=S)NCCSC12CCCCC1C(c1ccccc1)C=C(c1ccc(OC)cc1)S2. The van der Waals surface area contributed by atoms with E-state index in [0.29, 0.717) is 11.8 Å². The van der Waals surface area contributed by atoms with Gasteiger partial charge in [-0.1, -0.05) is 61.4 Å². The van der Waals surface area contributed by atoms with E-state index in [1.807, 2.05) is 0 Å². The van der Waals surface area contributed by atoms with Crippen molar-refractivity contribution in [2.45, 2.75) is 42.6 Å². The molecule has 0 saturated heterocycles. The molecule has 3 nitrogen and oxygen atoms in total. The number of hydrogen-bond donors (Lipinski definition) is 2. The first-order chi connectivity index (χ1) is 16.1. The minimum absolute atomic E-state index is 0.185. The second-order valence-corrected chi connectivity index (χ2v) is 12.1. The molecule has 3 unspecified atom stereocenters. The van der Waals surface area contributed by atoms with Crippen molar-refractivity contribution in [2.24, 2.45) is 5.92 Å². The van der Waals surface area contributed by atoms with Crippen LogP contribution in [0.4, 0.5) is 0 Å². The summed E-state index contributed by atoms with van der Waals surface area (Å²) in [5.41, 5.74) is 2.73. The normalized spacial score (nSPS) is 24.4. The first-order valence-corrected chi connectivity index (χ1v) is 14.1. The number of rotatable bonds is 8. The van der Waals surface area contributed by atoms with Gasteiger partial charge in [-0.2, -0.15) is 0 Å². The summed E-state index contributed by atoms with van der Waals surface area (Å²) in [4.78, 5) is 1.40. The van der Waals surface area contributed by atoms with Crippen LogP contribution in [0.1, 0.15) is 49.7 Å². The number of methoxy groups -OCH3 is 1. The summed E-state index contributed by atoms with van der Waals surface area (Å²) in [5.74, 6) is 3.02. The first kappa shape index (κ1) is 24.5. The van der Waals surface area contributed by atoms with Crippen molar-refractivity contribution < 1.29 is 4.74 Å². The molecular formula is C27H34N2OS3. The standard InChI is InChI=1S/C27H34N2OS3/c1-3-28-26(31)29-17-18-32-27-16-8-7-11-24(27)23(20-9-5-4-6-10-20)19-25(33-27)21-12-14-22(30-2)15-13-21/h4-6,9-10,12-15,19,23-24H,3,7-8,11,16-18H2,1-2H3,(H2,28,29,31). The predicted octanol–water partition coefficient (Wildman–Crippen LogP) is 6.67. The smallest absolute Gasteiger partial charge is 0.166 e. The fraction of sp³-hybridized carbons (Fsp3) is 0.444. The number of fused-ring (bicyclic) bond motifs is 1. The van der Waals surface area contributed by atoms with Crippen LogP contribution in [0.2, 0.25) is 0 Å². The molecule has 2 aliphatic rings. The van der Waals surface area contributed by atoms with Crippen molar-refractivity contribution in [3.63, 3.8) is 0 Å². The lowest BCUT2D eigenvalue weighted by Crippen LogP contribution is -2.41. The maximum atomic E-state index is 5.40. The maximum Gasteiger partial charge on any atom is 0.166 e. The number of benzene rings is 2. The summed E-state index contributed by atoms with van der Waals surface area (Å²) >= 11 is 9.61. The third-order valence-electron chi connectivity index (χ3n) is 6.53. The van der Waals surface area contributed by atoms with E-state index in [0.717, 1.165) is 29.7 Å². The predicted molar refractivity (Wildman–Crippen MR) is 149 cm³/mol. The third kappa shape index (κ3) is 5.90. The third-order valence-corrected chi connectivity index (χ3v) is 10.3. The largest absolute Gasteiger partial charge is 0.497 e. The van der Waals surface area contributed by atoms with E-state index < -0.39 is 0 Å². The lowest BCUT2D eigenvalue weighted by Gasteiger charge is -2.49. The van der Waals surface area contributed by atoms with Crippen LogP contribution in [0.3, 0.4) is 0 Å². The summed E-state index contributed by atoms with van der Waals surface area (Å²) in [6.45, 7) is 3.82. The van der Waals surface area contributed by atoms with Gasteiger partial charge < -0.3 is 15.4 Å². The van der Waals surface area contributed by atoms with E-state index in [4.69, 9.17) is 17.0 Å². The number of hydrogen-bond acceptors (Lipinski definition) is 4. The van der Waals surface area contributed by atoms with Gasteiger partial charge in [-0.25, -0.2) is 0 Å².